The number of hydrogen-bond acceptors (Lipinski definition) is 4. The van der Waals surface area contributed by atoms with Crippen molar-refractivity contribution in [2.24, 2.45) is 0 Å². The maximum Gasteiger partial charge on any atom is 0.254 e. The number of hydrogen-bond donors (Lipinski definition) is 1. The summed E-state index contributed by atoms with van der Waals surface area (Å²) in [4.78, 5) is 26.8. The second-order valence-corrected chi connectivity index (χ2v) is 6.54. The molecule has 6 nitrogen and oxygen atoms in total. The average molecular weight is 336 g/mol. The second kappa shape index (κ2) is 6.20. The molecule has 0 aliphatic carbocycles. The van der Waals surface area contributed by atoms with Crippen molar-refractivity contribution in [2.75, 3.05) is 6.54 Å². The Labute approximate surface area is 145 Å². The van der Waals surface area contributed by atoms with E-state index in [0.29, 0.717) is 30.9 Å². The van der Waals surface area contributed by atoms with Gasteiger partial charge in [0, 0.05) is 36.8 Å². The van der Waals surface area contributed by atoms with Crippen molar-refractivity contribution in [2.45, 2.75) is 32.7 Å². The lowest BCUT2D eigenvalue weighted by molar-refractivity contribution is 0.0728. The highest BCUT2D eigenvalue weighted by Crippen LogP contribution is 2.27. The van der Waals surface area contributed by atoms with Crippen LogP contribution in [0.4, 0.5) is 0 Å². The fourth-order valence-corrected chi connectivity index (χ4v) is 3.10. The van der Waals surface area contributed by atoms with Gasteiger partial charge < -0.3 is 14.3 Å². The number of fused-ring (bicyclic) bond motifs is 1. The Balaban J connectivity index is 1.62. The molecule has 0 saturated carbocycles. The van der Waals surface area contributed by atoms with Crippen molar-refractivity contribution in [3.05, 3.63) is 59.6 Å². The molecule has 3 heterocycles. The Morgan fingerprint density at radius 2 is 2.16 bits per heavy atom. The first-order valence-corrected chi connectivity index (χ1v) is 8.50. The second-order valence-electron chi connectivity index (χ2n) is 6.54. The first-order valence-electron chi connectivity index (χ1n) is 8.50. The van der Waals surface area contributed by atoms with E-state index in [1.165, 1.54) is 0 Å². The lowest BCUT2D eigenvalue weighted by atomic mass is 10.0. The molecular weight excluding hydrogens is 316 g/mol. The molecule has 0 unspecified atom stereocenters. The smallest absolute Gasteiger partial charge is 0.254 e. The van der Waals surface area contributed by atoms with Crippen LogP contribution in [0, 0.1) is 0 Å². The van der Waals surface area contributed by atoms with Crippen molar-refractivity contribution in [3.8, 4) is 11.4 Å². The van der Waals surface area contributed by atoms with Crippen LogP contribution < -0.4 is 0 Å². The van der Waals surface area contributed by atoms with Gasteiger partial charge in [0.2, 0.25) is 0 Å². The molecular formula is C19H20N4O2. The number of carbonyl (C=O) groups excluding carboxylic acids is 1. The lowest BCUT2D eigenvalue weighted by Crippen LogP contribution is -2.36. The third-order valence-corrected chi connectivity index (χ3v) is 4.44. The van der Waals surface area contributed by atoms with Crippen molar-refractivity contribution >= 4 is 5.91 Å². The molecule has 0 fully saturated rings. The maximum atomic E-state index is 13.1. The van der Waals surface area contributed by atoms with Crippen molar-refractivity contribution in [1.82, 2.24) is 19.9 Å². The molecule has 25 heavy (non-hydrogen) atoms. The summed E-state index contributed by atoms with van der Waals surface area (Å²) >= 11 is 0. The SMILES string of the molecule is CC(C)c1nc2c(o1)CCN(C(=O)c1ccccc1-c1ncc[nH]1)C2. The van der Waals surface area contributed by atoms with Gasteiger partial charge in [-0.2, -0.15) is 0 Å². The summed E-state index contributed by atoms with van der Waals surface area (Å²) in [6, 6.07) is 7.55. The molecule has 1 amide bonds. The van der Waals surface area contributed by atoms with Crippen LogP contribution in [0.15, 0.2) is 41.1 Å². The van der Waals surface area contributed by atoms with Gasteiger partial charge in [-0.3, -0.25) is 4.79 Å². The molecule has 0 spiro atoms. The predicted molar refractivity (Wildman–Crippen MR) is 93.1 cm³/mol. The number of benzene rings is 1. The highest BCUT2D eigenvalue weighted by Gasteiger charge is 2.28. The Bertz CT molecular complexity index is 896. The van der Waals surface area contributed by atoms with E-state index >= 15 is 0 Å². The average Bonchev–Trinajstić information content (AvgIpc) is 3.30. The number of aromatic nitrogens is 3. The van der Waals surface area contributed by atoms with Crippen LogP contribution in [0.3, 0.4) is 0 Å². The summed E-state index contributed by atoms with van der Waals surface area (Å²) < 4.78 is 5.82. The van der Waals surface area contributed by atoms with Gasteiger partial charge in [0.15, 0.2) is 5.89 Å². The van der Waals surface area contributed by atoms with Crippen molar-refractivity contribution < 1.29 is 9.21 Å². The van der Waals surface area contributed by atoms with Crippen molar-refractivity contribution in [3.63, 3.8) is 0 Å². The van der Waals surface area contributed by atoms with Crippen LogP contribution in [0.5, 0.6) is 0 Å². The highest BCUT2D eigenvalue weighted by atomic mass is 16.4. The zero-order chi connectivity index (χ0) is 17.4. The molecule has 0 saturated heterocycles. The minimum Gasteiger partial charge on any atom is -0.445 e. The number of carbonyl (C=O) groups is 1. The number of H-pyrrole nitrogens is 1. The molecule has 6 heteroatoms. The van der Waals surface area contributed by atoms with Gasteiger partial charge in [0.1, 0.15) is 17.3 Å². The number of nitrogens with zero attached hydrogens (tertiary/aromatic N) is 3. The Kier molecular flexibility index (Phi) is 3.87. The zero-order valence-electron chi connectivity index (χ0n) is 14.3. The third-order valence-electron chi connectivity index (χ3n) is 4.44. The van der Waals surface area contributed by atoms with E-state index in [2.05, 4.69) is 28.8 Å². The van der Waals surface area contributed by atoms with Crippen LogP contribution in [0.2, 0.25) is 0 Å². The molecule has 128 valence electrons. The number of aromatic amines is 1. The van der Waals surface area contributed by atoms with E-state index in [1.54, 1.807) is 12.4 Å². The normalized spacial score (nSPS) is 14.0. The monoisotopic (exact) mass is 336 g/mol. The molecule has 1 aromatic carbocycles. The minimum absolute atomic E-state index is 0.00764. The summed E-state index contributed by atoms with van der Waals surface area (Å²) in [6.45, 7) is 5.22. The molecule has 0 radical (unpaired) electrons. The van der Waals surface area contributed by atoms with E-state index in [-0.39, 0.29) is 11.8 Å². The fourth-order valence-electron chi connectivity index (χ4n) is 3.10. The van der Waals surface area contributed by atoms with E-state index in [1.807, 2.05) is 29.2 Å². The number of oxazole rings is 1. The van der Waals surface area contributed by atoms with Gasteiger partial charge in [-0.15, -0.1) is 0 Å². The molecule has 3 aromatic rings. The van der Waals surface area contributed by atoms with E-state index in [4.69, 9.17) is 4.42 Å². The van der Waals surface area contributed by atoms with Crippen LogP contribution in [0.25, 0.3) is 11.4 Å². The molecule has 2 aromatic heterocycles. The van der Waals surface area contributed by atoms with Crippen LogP contribution in [0.1, 0.15) is 47.5 Å². The fraction of sp³-hybridized carbons (Fsp3) is 0.316. The molecule has 1 aliphatic rings. The molecule has 1 aliphatic heterocycles. The van der Waals surface area contributed by atoms with E-state index in [0.717, 1.165) is 22.9 Å². The third kappa shape index (κ3) is 2.84. The quantitative estimate of drug-likeness (QED) is 0.795. The van der Waals surface area contributed by atoms with Gasteiger partial charge in [0.05, 0.1) is 12.1 Å². The minimum atomic E-state index is -0.00764. The standard InChI is InChI=1S/C19H20N4O2/c1-12(2)18-22-15-11-23(10-7-16(15)25-18)19(24)14-6-4-3-5-13(14)17-20-8-9-21-17/h3-6,8-9,12H,7,10-11H2,1-2H3,(H,20,21). The summed E-state index contributed by atoms with van der Waals surface area (Å²) in [5, 5.41) is 0. The van der Waals surface area contributed by atoms with Gasteiger partial charge in [0.25, 0.3) is 5.91 Å². The van der Waals surface area contributed by atoms with Gasteiger partial charge in [-0.05, 0) is 6.07 Å². The topological polar surface area (TPSA) is 75.0 Å². The van der Waals surface area contributed by atoms with Crippen molar-refractivity contribution in [1.29, 1.82) is 0 Å². The molecule has 4 rings (SSSR count). The summed E-state index contributed by atoms with van der Waals surface area (Å²) in [5.74, 6) is 2.59. The molecule has 1 N–H and O–H groups in total. The van der Waals surface area contributed by atoms with Gasteiger partial charge in [-0.25, -0.2) is 9.97 Å². The first kappa shape index (κ1) is 15.6. The van der Waals surface area contributed by atoms with E-state index in [9.17, 15) is 4.79 Å². The lowest BCUT2D eigenvalue weighted by Gasteiger charge is -2.26. The van der Waals surface area contributed by atoms with Crippen LogP contribution in [-0.4, -0.2) is 32.3 Å². The van der Waals surface area contributed by atoms with Crippen LogP contribution >= 0.6 is 0 Å². The molecule has 0 bridgehead atoms. The number of rotatable bonds is 3. The molecule has 0 atom stereocenters. The summed E-state index contributed by atoms with van der Waals surface area (Å²) in [5.41, 5.74) is 2.33. The Morgan fingerprint density at radius 1 is 1.32 bits per heavy atom. The predicted octanol–water partition coefficient (Wildman–Crippen LogP) is 3.39. The number of amides is 1. The maximum absolute atomic E-state index is 13.1. The first-order chi connectivity index (χ1) is 12.1. The number of imidazole rings is 1. The summed E-state index contributed by atoms with van der Waals surface area (Å²) in [7, 11) is 0. The highest BCUT2D eigenvalue weighted by molar-refractivity contribution is 6.00. The van der Waals surface area contributed by atoms with Gasteiger partial charge in [-0.1, -0.05) is 32.0 Å². The van der Waals surface area contributed by atoms with Crippen LogP contribution in [-0.2, 0) is 13.0 Å². The largest absolute Gasteiger partial charge is 0.445 e. The summed E-state index contributed by atoms with van der Waals surface area (Å²) in [6.07, 6.45) is 4.14. The zero-order valence-corrected chi connectivity index (χ0v) is 14.3. The number of nitrogens with one attached hydrogen (secondary N) is 1. The Hall–Kier alpha value is -2.89. The Morgan fingerprint density at radius 3 is 2.92 bits per heavy atom. The van der Waals surface area contributed by atoms with Gasteiger partial charge >= 0.3 is 0 Å². The van der Waals surface area contributed by atoms with E-state index < -0.39 is 0 Å².